The molecule has 1 saturated heterocycles. The minimum atomic E-state index is -4.10. The van der Waals surface area contributed by atoms with E-state index >= 15 is 0 Å². The van der Waals surface area contributed by atoms with Gasteiger partial charge in [0.2, 0.25) is 0 Å². The van der Waals surface area contributed by atoms with Crippen LogP contribution in [0.15, 0.2) is 64.5 Å². The van der Waals surface area contributed by atoms with Gasteiger partial charge in [-0.15, -0.1) is 0 Å². The summed E-state index contributed by atoms with van der Waals surface area (Å²) in [6.45, 7) is 5.29. The predicted molar refractivity (Wildman–Crippen MR) is 112 cm³/mol. The maximum atomic E-state index is 13.1. The van der Waals surface area contributed by atoms with E-state index in [4.69, 9.17) is 4.74 Å². The number of carbonyl (C=O) groups is 2. The fourth-order valence-electron chi connectivity index (χ4n) is 2.62. The summed E-state index contributed by atoms with van der Waals surface area (Å²) in [6, 6.07) is 14.0. The Bertz CT molecular complexity index is 1060. The van der Waals surface area contributed by atoms with E-state index < -0.39 is 26.6 Å². The second kappa shape index (κ2) is 8.00. The van der Waals surface area contributed by atoms with Crippen LogP contribution in [0.1, 0.15) is 31.1 Å². The number of amidine groups is 1. The molecule has 0 aromatic heterocycles. The molecule has 152 valence electrons. The molecule has 0 atom stereocenters. The molecule has 0 spiro atoms. The van der Waals surface area contributed by atoms with Gasteiger partial charge in [0, 0.05) is 0 Å². The highest BCUT2D eigenvalue weighted by molar-refractivity contribution is 8.17. The van der Waals surface area contributed by atoms with Gasteiger partial charge in [-0.25, -0.2) is 18.2 Å². The molecule has 1 aliphatic rings. The predicted octanol–water partition coefficient (Wildman–Crippen LogP) is 3.59. The summed E-state index contributed by atoms with van der Waals surface area (Å²) in [5, 5.41) is 0.0627. The Hall–Kier alpha value is -2.65. The molecule has 29 heavy (non-hydrogen) atoms. The standard InChI is InChI=1S/C20H20N2O5S2/c1-4-27-17(23)14-10-12-15(13-11-14)21-19-22(18(24)20(2,3)28-19)29(25,26)16-8-6-5-7-9-16/h5-13H,4H2,1-3H3. The van der Waals surface area contributed by atoms with Crippen LogP contribution in [0.4, 0.5) is 5.69 Å². The third-order valence-corrected chi connectivity index (χ3v) is 7.05. The molecule has 1 fully saturated rings. The van der Waals surface area contributed by atoms with Crippen LogP contribution in [0.2, 0.25) is 0 Å². The van der Waals surface area contributed by atoms with Gasteiger partial charge in [-0.2, -0.15) is 4.31 Å². The summed E-state index contributed by atoms with van der Waals surface area (Å²) in [4.78, 5) is 29.0. The topological polar surface area (TPSA) is 93.1 Å². The molecule has 3 rings (SSSR count). The zero-order chi connectivity index (χ0) is 21.2. The minimum Gasteiger partial charge on any atom is -0.462 e. The van der Waals surface area contributed by atoms with Crippen LogP contribution >= 0.6 is 11.8 Å². The number of amides is 1. The van der Waals surface area contributed by atoms with E-state index in [0.717, 1.165) is 16.1 Å². The second-order valence-electron chi connectivity index (χ2n) is 6.66. The number of benzene rings is 2. The van der Waals surface area contributed by atoms with Crippen molar-refractivity contribution in [3.63, 3.8) is 0 Å². The molecular weight excluding hydrogens is 412 g/mol. The lowest BCUT2D eigenvalue weighted by Crippen LogP contribution is -2.40. The van der Waals surface area contributed by atoms with Gasteiger partial charge >= 0.3 is 5.97 Å². The van der Waals surface area contributed by atoms with Crippen LogP contribution in [0.25, 0.3) is 0 Å². The Morgan fingerprint density at radius 3 is 2.31 bits per heavy atom. The molecule has 0 N–H and O–H groups in total. The fraction of sp³-hybridized carbons (Fsp3) is 0.250. The highest BCUT2D eigenvalue weighted by Crippen LogP contribution is 2.41. The third kappa shape index (κ3) is 4.20. The lowest BCUT2D eigenvalue weighted by atomic mass is 10.2. The van der Waals surface area contributed by atoms with Gasteiger partial charge in [-0.05, 0) is 57.2 Å². The Kier molecular flexibility index (Phi) is 5.81. The Morgan fingerprint density at radius 1 is 1.10 bits per heavy atom. The Balaban J connectivity index is 2.00. The van der Waals surface area contributed by atoms with Crippen molar-refractivity contribution >= 4 is 44.5 Å². The van der Waals surface area contributed by atoms with E-state index in [1.807, 2.05) is 0 Å². The van der Waals surface area contributed by atoms with Gasteiger partial charge in [-0.1, -0.05) is 30.0 Å². The molecule has 0 bridgehead atoms. The summed E-state index contributed by atoms with van der Waals surface area (Å²) >= 11 is 1.07. The van der Waals surface area contributed by atoms with Gasteiger partial charge in [0.05, 0.1) is 27.5 Å². The number of sulfonamides is 1. The molecule has 0 aliphatic carbocycles. The van der Waals surface area contributed by atoms with E-state index in [1.165, 1.54) is 12.1 Å². The molecule has 7 nitrogen and oxygen atoms in total. The maximum Gasteiger partial charge on any atom is 0.338 e. The lowest BCUT2D eigenvalue weighted by molar-refractivity contribution is -0.124. The maximum absolute atomic E-state index is 13.1. The number of hydrogen-bond acceptors (Lipinski definition) is 7. The number of nitrogens with zero attached hydrogens (tertiary/aromatic N) is 2. The summed E-state index contributed by atoms with van der Waals surface area (Å²) in [5.74, 6) is -1.01. The lowest BCUT2D eigenvalue weighted by Gasteiger charge is -2.18. The normalized spacial score (nSPS) is 17.6. The van der Waals surface area contributed by atoms with Gasteiger partial charge in [-0.3, -0.25) is 4.79 Å². The first-order valence-corrected chi connectivity index (χ1v) is 11.1. The first-order valence-electron chi connectivity index (χ1n) is 8.86. The van der Waals surface area contributed by atoms with E-state index in [9.17, 15) is 18.0 Å². The number of aliphatic imine (C=N–C) groups is 1. The van der Waals surface area contributed by atoms with Crippen molar-refractivity contribution < 1.29 is 22.7 Å². The van der Waals surface area contributed by atoms with Gasteiger partial charge in [0.1, 0.15) is 0 Å². The van der Waals surface area contributed by atoms with Gasteiger partial charge in [0.25, 0.3) is 15.9 Å². The molecule has 0 saturated carbocycles. The fourth-order valence-corrected chi connectivity index (χ4v) is 5.44. The van der Waals surface area contributed by atoms with Crippen LogP contribution in [0.5, 0.6) is 0 Å². The van der Waals surface area contributed by atoms with Crippen molar-refractivity contribution in [1.82, 2.24) is 4.31 Å². The van der Waals surface area contributed by atoms with Gasteiger partial charge < -0.3 is 4.74 Å². The molecule has 2 aromatic rings. The molecule has 9 heteroatoms. The smallest absolute Gasteiger partial charge is 0.338 e. The summed E-state index contributed by atoms with van der Waals surface area (Å²) < 4.78 is 30.9. The van der Waals surface area contributed by atoms with E-state index in [2.05, 4.69) is 4.99 Å². The van der Waals surface area contributed by atoms with Crippen molar-refractivity contribution in [3.05, 3.63) is 60.2 Å². The average molecular weight is 433 g/mol. The number of ether oxygens (including phenoxy) is 1. The first kappa shape index (κ1) is 21.1. The molecule has 0 unspecified atom stereocenters. The van der Waals surface area contributed by atoms with Crippen molar-refractivity contribution in [2.75, 3.05) is 6.61 Å². The zero-order valence-electron chi connectivity index (χ0n) is 16.2. The Labute approximate surface area is 173 Å². The molecule has 0 radical (unpaired) electrons. The van der Waals surface area contributed by atoms with Crippen molar-refractivity contribution in [1.29, 1.82) is 0 Å². The first-order chi connectivity index (χ1) is 13.7. The minimum absolute atomic E-state index is 0.0111. The van der Waals surface area contributed by atoms with Crippen LogP contribution in [0, 0.1) is 0 Å². The third-order valence-electron chi connectivity index (χ3n) is 4.10. The Morgan fingerprint density at radius 2 is 1.72 bits per heavy atom. The molecular formula is C20H20N2O5S2. The second-order valence-corrected chi connectivity index (χ2v) is 10.0. The number of rotatable bonds is 5. The van der Waals surface area contributed by atoms with Gasteiger partial charge in [0.15, 0.2) is 5.17 Å². The van der Waals surface area contributed by atoms with E-state index in [-0.39, 0.29) is 16.7 Å². The van der Waals surface area contributed by atoms with Crippen molar-refractivity contribution in [2.45, 2.75) is 30.4 Å². The van der Waals surface area contributed by atoms with Crippen LogP contribution < -0.4 is 0 Å². The average Bonchev–Trinajstić information content (AvgIpc) is 2.92. The summed E-state index contributed by atoms with van der Waals surface area (Å²) in [6.07, 6.45) is 0. The van der Waals surface area contributed by atoms with E-state index in [1.54, 1.807) is 63.2 Å². The number of thioether (sulfide) groups is 1. The molecule has 1 heterocycles. The van der Waals surface area contributed by atoms with Crippen LogP contribution in [0.3, 0.4) is 0 Å². The monoisotopic (exact) mass is 432 g/mol. The highest BCUT2D eigenvalue weighted by Gasteiger charge is 2.50. The molecule has 1 aliphatic heterocycles. The zero-order valence-corrected chi connectivity index (χ0v) is 17.8. The SMILES string of the molecule is CCOC(=O)c1ccc(N=C2SC(C)(C)C(=O)N2S(=O)(=O)c2ccccc2)cc1. The largest absolute Gasteiger partial charge is 0.462 e. The van der Waals surface area contributed by atoms with Crippen LogP contribution in [-0.2, 0) is 19.6 Å². The number of carbonyl (C=O) groups excluding carboxylic acids is 2. The summed E-state index contributed by atoms with van der Waals surface area (Å²) in [5.41, 5.74) is 0.777. The summed E-state index contributed by atoms with van der Waals surface area (Å²) in [7, 11) is -4.10. The number of hydrogen-bond donors (Lipinski definition) is 0. The van der Waals surface area contributed by atoms with Crippen molar-refractivity contribution in [2.24, 2.45) is 4.99 Å². The van der Waals surface area contributed by atoms with E-state index in [0.29, 0.717) is 11.3 Å². The molecule has 1 amide bonds. The molecule has 2 aromatic carbocycles. The quantitative estimate of drug-likeness (QED) is 0.671. The highest BCUT2D eigenvalue weighted by atomic mass is 32.2. The van der Waals surface area contributed by atoms with Crippen LogP contribution in [-0.4, -0.2) is 41.1 Å². The number of esters is 1. The van der Waals surface area contributed by atoms with Crippen molar-refractivity contribution in [3.8, 4) is 0 Å².